The number of carboxylic acids is 1. The number of aliphatic carboxylic acids is 1. The molecule has 1 rings (SSSR count). The molecule has 1 saturated carbocycles. The van der Waals surface area contributed by atoms with Crippen LogP contribution in [0.15, 0.2) is 0 Å². The minimum atomic E-state index is -1.57. The summed E-state index contributed by atoms with van der Waals surface area (Å²) in [5.41, 5.74) is 3.71. The first-order valence-corrected chi connectivity index (χ1v) is 3.30. The van der Waals surface area contributed by atoms with Crippen molar-refractivity contribution in [3.05, 3.63) is 0 Å². The number of alkyl halides is 1. The summed E-state index contributed by atoms with van der Waals surface area (Å²) in [6.07, 6.45) is -3.24. The minimum absolute atomic E-state index is 0.205. The Balaban J connectivity index is 2.71. The van der Waals surface area contributed by atoms with E-state index in [0.717, 1.165) is 0 Å². The van der Waals surface area contributed by atoms with Gasteiger partial charge in [0.05, 0.1) is 6.10 Å². The van der Waals surface area contributed by atoms with Gasteiger partial charge in [-0.3, -0.25) is 4.79 Å². The van der Waals surface area contributed by atoms with Crippen LogP contribution in [-0.4, -0.2) is 34.0 Å². The van der Waals surface area contributed by atoms with Gasteiger partial charge >= 0.3 is 5.97 Å². The Morgan fingerprint density at radius 1 is 1.64 bits per heavy atom. The summed E-state index contributed by atoms with van der Waals surface area (Å²) in [6, 6.07) is 0. The van der Waals surface area contributed by atoms with Gasteiger partial charge in [-0.1, -0.05) is 0 Å². The highest BCUT2D eigenvalue weighted by molar-refractivity contribution is 5.79. The maximum atomic E-state index is 12.6. The van der Waals surface area contributed by atoms with E-state index in [-0.39, 0.29) is 12.8 Å². The quantitative estimate of drug-likeness (QED) is 0.475. The van der Waals surface area contributed by atoms with Crippen molar-refractivity contribution < 1.29 is 19.4 Å². The van der Waals surface area contributed by atoms with Crippen LogP contribution in [0.3, 0.4) is 0 Å². The predicted octanol–water partition coefficient (Wildman–Crippen LogP) is -0.739. The average Bonchev–Trinajstić information content (AvgIpc) is 2.09. The second-order valence-electron chi connectivity index (χ2n) is 2.95. The Hall–Kier alpha value is -0.680. The van der Waals surface area contributed by atoms with Gasteiger partial charge in [0.1, 0.15) is 11.7 Å². The van der Waals surface area contributed by atoms with Gasteiger partial charge in [0.25, 0.3) is 0 Å². The number of carboxylic acid groups (broad SMARTS) is 1. The second-order valence-corrected chi connectivity index (χ2v) is 2.95. The Kier molecular flexibility index (Phi) is 1.85. The van der Waals surface area contributed by atoms with Crippen LogP contribution >= 0.6 is 0 Å². The lowest BCUT2D eigenvalue weighted by Gasteiger charge is -2.15. The molecule has 0 unspecified atom stereocenters. The summed E-state index contributed by atoms with van der Waals surface area (Å²) >= 11 is 0. The highest BCUT2D eigenvalue weighted by atomic mass is 19.1. The lowest BCUT2D eigenvalue weighted by atomic mass is 10.00. The maximum absolute atomic E-state index is 12.6. The lowest BCUT2D eigenvalue weighted by molar-refractivity contribution is -0.143. The van der Waals surface area contributed by atoms with E-state index < -0.39 is 23.8 Å². The molecule has 5 heteroatoms. The summed E-state index contributed by atoms with van der Waals surface area (Å²) in [6.45, 7) is 0. The van der Waals surface area contributed by atoms with Gasteiger partial charge in [0.2, 0.25) is 0 Å². The van der Waals surface area contributed by atoms with Crippen LogP contribution in [0.25, 0.3) is 0 Å². The van der Waals surface area contributed by atoms with Gasteiger partial charge in [-0.2, -0.15) is 0 Å². The fraction of sp³-hybridized carbons (Fsp3) is 0.833. The van der Waals surface area contributed by atoms with E-state index in [0.29, 0.717) is 0 Å². The number of aliphatic hydroxyl groups is 1. The predicted molar refractivity (Wildman–Crippen MR) is 34.7 cm³/mol. The summed E-state index contributed by atoms with van der Waals surface area (Å²) < 4.78 is 12.6. The first-order chi connectivity index (χ1) is 4.96. The number of aliphatic hydroxyl groups excluding tert-OH is 1. The molecule has 4 N–H and O–H groups in total. The van der Waals surface area contributed by atoms with E-state index in [1.807, 2.05) is 0 Å². The van der Waals surface area contributed by atoms with Gasteiger partial charge in [-0.25, -0.2) is 4.39 Å². The molecular weight excluding hydrogens is 153 g/mol. The van der Waals surface area contributed by atoms with Crippen LogP contribution in [0, 0.1) is 0 Å². The lowest BCUT2D eigenvalue weighted by Crippen LogP contribution is -2.46. The van der Waals surface area contributed by atoms with Crippen LogP contribution in [0.5, 0.6) is 0 Å². The van der Waals surface area contributed by atoms with Gasteiger partial charge in [-0.15, -0.1) is 0 Å². The van der Waals surface area contributed by atoms with E-state index >= 15 is 0 Å². The maximum Gasteiger partial charge on any atom is 0.323 e. The van der Waals surface area contributed by atoms with Crippen LogP contribution < -0.4 is 5.73 Å². The minimum Gasteiger partial charge on any atom is -0.480 e. The van der Waals surface area contributed by atoms with Gasteiger partial charge in [0.15, 0.2) is 0 Å². The number of hydrogen-bond acceptors (Lipinski definition) is 3. The molecule has 0 radical (unpaired) electrons. The molecule has 64 valence electrons. The highest BCUT2D eigenvalue weighted by Gasteiger charge is 2.47. The van der Waals surface area contributed by atoms with Crippen molar-refractivity contribution >= 4 is 5.97 Å². The molecule has 1 aliphatic rings. The average molecular weight is 163 g/mol. The first kappa shape index (κ1) is 8.42. The molecule has 0 spiro atoms. The van der Waals surface area contributed by atoms with Crippen LogP contribution in [0.1, 0.15) is 12.8 Å². The summed E-state index contributed by atoms with van der Waals surface area (Å²) in [5.74, 6) is -1.25. The third kappa shape index (κ3) is 1.34. The molecule has 1 aliphatic carbocycles. The molecule has 0 amide bonds. The third-order valence-corrected chi connectivity index (χ3v) is 1.98. The SMILES string of the molecule is N[C@]1(C(=O)O)C[C@H](O)[C@@H](F)C1. The summed E-state index contributed by atoms with van der Waals surface area (Å²) in [7, 11) is 0. The number of nitrogens with two attached hydrogens (primary N) is 1. The van der Waals surface area contributed by atoms with Crippen LogP contribution in [-0.2, 0) is 4.79 Å². The molecule has 11 heavy (non-hydrogen) atoms. The largest absolute Gasteiger partial charge is 0.480 e. The van der Waals surface area contributed by atoms with Crippen molar-refractivity contribution in [1.82, 2.24) is 0 Å². The highest BCUT2D eigenvalue weighted by Crippen LogP contribution is 2.30. The number of hydrogen-bond donors (Lipinski definition) is 3. The van der Waals surface area contributed by atoms with E-state index in [4.69, 9.17) is 15.9 Å². The van der Waals surface area contributed by atoms with E-state index in [9.17, 15) is 9.18 Å². The molecule has 3 atom stereocenters. The van der Waals surface area contributed by atoms with Crippen molar-refractivity contribution in [1.29, 1.82) is 0 Å². The molecule has 1 fully saturated rings. The standard InChI is InChI=1S/C6H10FNO3/c7-3-1-6(8,5(10)11)2-4(3)9/h3-4,9H,1-2,8H2,(H,10,11)/t3-,4-,6-/m0/s1. The fourth-order valence-corrected chi connectivity index (χ4v) is 1.24. The van der Waals surface area contributed by atoms with Gasteiger partial charge in [0, 0.05) is 12.8 Å². The topological polar surface area (TPSA) is 83.6 Å². The number of rotatable bonds is 1. The van der Waals surface area contributed by atoms with Crippen molar-refractivity contribution in [2.75, 3.05) is 0 Å². The third-order valence-electron chi connectivity index (χ3n) is 1.98. The number of halogens is 1. The Morgan fingerprint density at radius 3 is 2.36 bits per heavy atom. The monoisotopic (exact) mass is 163 g/mol. The van der Waals surface area contributed by atoms with Crippen molar-refractivity contribution in [3.8, 4) is 0 Å². The Labute approximate surface area is 62.8 Å². The van der Waals surface area contributed by atoms with E-state index in [2.05, 4.69) is 0 Å². The zero-order valence-electron chi connectivity index (χ0n) is 5.83. The second kappa shape index (κ2) is 2.42. The van der Waals surface area contributed by atoms with Crippen molar-refractivity contribution in [2.45, 2.75) is 30.7 Å². The van der Waals surface area contributed by atoms with Crippen molar-refractivity contribution in [3.63, 3.8) is 0 Å². The first-order valence-electron chi connectivity index (χ1n) is 3.30. The molecule has 0 aromatic heterocycles. The fourth-order valence-electron chi connectivity index (χ4n) is 1.24. The van der Waals surface area contributed by atoms with Gasteiger partial charge < -0.3 is 15.9 Å². The zero-order chi connectivity index (χ0) is 8.65. The zero-order valence-corrected chi connectivity index (χ0v) is 5.83. The van der Waals surface area contributed by atoms with E-state index in [1.165, 1.54) is 0 Å². The van der Waals surface area contributed by atoms with Crippen molar-refractivity contribution in [2.24, 2.45) is 5.73 Å². The van der Waals surface area contributed by atoms with Gasteiger partial charge in [-0.05, 0) is 0 Å². The van der Waals surface area contributed by atoms with Crippen LogP contribution in [0.4, 0.5) is 4.39 Å². The smallest absolute Gasteiger partial charge is 0.323 e. The Bertz CT molecular complexity index is 175. The molecule has 0 aromatic carbocycles. The molecule has 0 aliphatic heterocycles. The molecule has 4 nitrogen and oxygen atoms in total. The summed E-state index contributed by atoms with van der Waals surface area (Å²) in [5, 5.41) is 17.4. The van der Waals surface area contributed by atoms with Crippen LogP contribution in [0.2, 0.25) is 0 Å². The van der Waals surface area contributed by atoms with E-state index in [1.54, 1.807) is 0 Å². The molecule has 0 heterocycles. The number of carbonyl (C=O) groups is 1. The molecule has 0 aromatic rings. The summed E-state index contributed by atoms with van der Waals surface area (Å²) in [4.78, 5) is 10.4. The normalized spacial score (nSPS) is 44.3. The Morgan fingerprint density at radius 2 is 2.18 bits per heavy atom. The molecule has 0 bridgehead atoms. The molecular formula is C6H10FNO3. The molecule has 0 saturated heterocycles.